The number of methoxy groups -OCH3 is 1. The number of likely N-dealkylation sites (tertiary alicyclic amines) is 1. The van der Waals surface area contributed by atoms with Crippen LogP contribution in [0.4, 0.5) is 11.4 Å². The van der Waals surface area contributed by atoms with Crippen LogP contribution in [0.1, 0.15) is 40.7 Å². The summed E-state index contributed by atoms with van der Waals surface area (Å²) in [6, 6.07) is 14.8. The van der Waals surface area contributed by atoms with E-state index in [0.717, 1.165) is 30.4 Å². The minimum atomic E-state index is -4.07. The fourth-order valence-electron chi connectivity index (χ4n) is 4.22. The number of carbonyl (C=O) groups excluding carboxylic acids is 1. The number of nitrogens with one attached hydrogen (secondary N) is 2. The van der Waals surface area contributed by atoms with Gasteiger partial charge in [-0.1, -0.05) is 6.07 Å². The first-order valence-electron chi connectivity index (χ1n) is 12.2. The maximum atomic E-state index is 13.1. The molecule has 0 unspecified atom stereocenters. The molecule has 1 saturated heterocycles. The summed E-state index contributed by atoms with van der Waals surface area (Å²) < 4.78 is 62.2. The number of anilines is 2. The van der Waals surface area contributed by atoms with Gasteiger partial charge >= 0.3 is 0 Å². The molecule has 1 aliphatic rings. The Balaban J connectivity index is 1.53. The van der Waals surface area contributed by atoms with Crippen molar-refractivity contribution in [1.82, 2.24) is 4.90 Å². The van der Waals surface area contributed by atoms with Crippen LogP contribution in [0.5, 0.6) is 5.75 Å². The number of hydrogen-bond acceptors (Lipinski definition) is 6. The number of sulfonamides is 2. The highest BCUT2D eigenvalue weighted by atomic mass is 32.2. The topological polar surface area (TPSA) is 122 Å². The summed E-state index contributed by atoms with van der Waals surface area (Å²) in [6.07, 6.45) is 2.86. The molecule has 1 fully saturated rings. The van der Waals surface area contributed by atoms with Crippen LogP contribution in [0, 0.1) is 13.8 Å². The summed E-state index contributed by atoms with van der Waals surface area (Å²) in [4.78, 5) is 14.7. The van der Waals surface area contributed by atoms with Crippen molar-refractivity contribution in [3.05, 3.63) is 77.4 Å². The molecule has 0 saturated carbocycles. The van der Waals surface area contributed by atoms with Gasteiger partial charge < -0.3 is 9.64 Å². The van der Waals surface area contributed by atoms with Gasteiger partial charge in [0.05, 0.1) is 22.5 Å². The molecule has 1 aliphatic heterocycles. The average molecular weight is 558 g/mol. The molecule has 0 bridgehead atoms. The predicted molar refractivity (Wildman–Crippen MR) is 147 cm³/mol. The maximum absolute atomic E-state index is 13.1. The van der Waals surface area contributed by atoms with Gasteiger partial charge in [0.2, 0.25) is 0 Å². The third-order valence-electron chi connectivity index (χ3n) is 6.53. The number of piperidine rings is 1. The van der Waals surface area contributed by atoms with Crippen LogP contribution in [0.2, 0.25) is 0 Å². The van der Waals surface area contributed by atoms with Crippen LogP contribution < -0.4 is 14.2 Å². The molecule has 0 aliphatic carbocycles. The summed E-state index contributed by atoms with van der Waals surface area (Å²) in [7, 11) is -6.51. The van der Waals surface area contributed by atoms with Gasteiger partial charge in [0.25, 0.3) is 26.0 Å². The Morgan fingerprint density at radius 1 is 0.737 bits per heavy atom. The quantitative estimate of drug-likeness (QED) is 0.419. The second kappa shape index (κ2) is 11.0. The van der Waals surface area contributed by atoms with Crippen LogP contribution >= 0.6 is 0 Å². The highest BCUT2D eigenvalue weighted by molar-refractivity contribution is 7.93. The van der Waals surface area contributed by atoms with E-state index in [-0.39, 0.29) is 26.9 Å². The first-order valence-corrected chi connectivity index (χ1v) is 15.2. The molecular weight excluding hydrogens is 526 g/mol. The lowest BCUT2D eigenvalue weighted by Gasteiger charge is -2.27. The van der Waals surface area contributed by atoms with E-state index in [1.54, 1.807) is 17.0 Å². The molecule has 3 aromatic rings. The van der Waals surface area contributed by atoms with E-state index in [2.05, 4.69) is 9.44 Å². The highest BCUT2D eigenvalue weighted by Gasteiger charge is 2.25. The van der Waals surface area contributed by atoms with Crippen molar-refractivity contribution in [2.24, 2.45) is 0 Å². The summed E-state index contributed by atoms with van der Waals surface area (Å²) in [5.74, 6) is 0.0229. The smallest absolute Gasteiger partial charge is 0.261 e. The van der Waals surface area contributed by atoms with E-state index in [1.165, 1.54) is 49.6 Å². The van der Waals surface area contributed by atoms with Crippen molar-refractivity contribution < 1.29 is 26.4 Å². The zero-order valence-electron chi connectivity index (χ0n) is 21.5. The first-order chi connectivity index (χ1) is 18.0. The predicted octanol–water partition coefficient (Wildman–Crippen LogP) is 4.54. The largest absolute Gasteiger partial charge is 0.496 e. The number of amides is 1. The molecule has 4 rings (SSSR count). The van der Waals surface area contributed by atoms with Gasteiger partial charge in [-0.2, -0.15) is 0 Å². The summed E-state index contributed by atoms with van der Waals surface area (Å²) in [5.41, 5.74) is 2.79. The van der Waals surface area contributed by atoms with E-state index in [1.807, 2.05) is 19.9 Å². The lowest BCUT2D eigenvalue weighted by atomic mass is 10.1. The van der Waals surface area contributed by atoms with Crippen LogP contribution in [-0.4, -0.2) is 47.8 Å². The van der Waals surface area contributed by atoms with Crippen LogP contribution in [0.3, 0.4) is 0 Å². The molecule has 9 nitrogen and oxygen atoms in total. The Morgan fingerprint density at radius 3 is 1.95 bits per heavy atom. The number of rotatable bonds is 8. The molecule has 202 valence electrons. The zero-order valence-corrected chi connectivity index (χ0v) is 23.2. The second-order valence-electron chi connectivity index (χ2n) is 9.25. The Hall–Kier alpha value is -3.57. The highest BCUT2D eigenvalue weighted by Crippen LogP contribution is 2.27. The number of aryl methyl sites for hydroxylation is 2. The van der Waals surface area contributed by atoms with Gasteiger partial charge in [-0.15, -0.1) is 0 Å². The van der Waals surface area contributed by atoms with Crippen LogP contribution in [-0.2, 0) is 20.0 Å². The monoisotopic (exact) mass is 557 g/mol. The van der Waals surface area contributed by atoms with E-state index in [4.69, 9.17) is 4.74 Å². The van der Waals surface area contributed by atoms with Crippen molar-refractivity contribution in [3.8, 4) is 5.75 Å². The molecule has 2 N–H and O–H groups in total. The normalized spacial score (nSPS) is 14.1. The van der Waals surface area contributed by atoms with E-state index in [9.17, 15) is 21.6 Å². The van der Waals surface area contributed by atoms with Crippen molar-refractivity contribution in [3.63, 3.8) is 0 Å². The summed E-state index contributed by atoms with van der Waals surface area (Å²) in [6.45, 7) is 5.06. The fraction of sp³-hybridized carbons (Fsp3) is 0.296. The molecule has 3 aromatic carbocycles. The lowest BCUT2D eigenvalue weighted by Crippen LogP contribution is -2.35. The lowest BCUT2D eigenvalue weighted by molar-refractivity contribution is 0.0720. The SMILES string of the molecule is COc1ccc(S(=O)(=O)Nc2ccc(S(=O)(=O)Nc3ccc(C)c(C)c3)cc2)cc1C(=O)N1CCCCC1. The minimum Gasteiger partial charge on any atom is -0.496 e. The average Bonchev–Trinajstić information content (AvgIpc) is 2.90. The van der Waals surface area contributed by atoms with Crippen LogP contribution in [0.15, 0.2) is 70.5 Å². The Morgan fingerprint density at radius 2 is 1.32 bits per heavy atom. The molecule has 1 heterocycles. The van der Waals surface area contributed by atoms with E-state index in [0.29, 0.717) is 24.5 Å². The molecule has 0 spiro atoms. The van der Waals surface area contributed by atoms with Gasteiger partial charge in [-0.25, -0.2) is 16.8 Å². The van der Waals surface area contributed by atoms with Crippen molar-refractivity contribution in [2.75, 3.05) is 29.6 Å². The Bertz CT molecular complexity index is 1550. The number of hydrogen-bond donors (Lipinski definition) is 2. The molecule has 0 radical (unpaired) electrons. The molecule has 11 heteroatoms. The van der Waals surface area contributed by atoms with Crippen molar-refractivity contribution >= 4 is 37.3 Å². The minimum absolute atomic E-state index is 0.0162. The van der Waals surface area contributed by atoms with Gasteiger partial charge in [-0.3, -0.25) is 14.2 Å². The third kappa shape index (κ3) is 6.11. The van der Waals surface area contributed by atoms with Gasteiger partial charge in [0, 0.05) is 24.5 Å². The Labute approximate surface area is 223 Å². The summed E-state index contributed by atoms with van der Waals surface area (Å²) in [5, 5.41) is 0. The Kier molecular flexibility index (Phi) is 7.98. The van der Waals surface area contributed by atoms with Gasteiger partial charge in [0.1, 0.15) is 5.75 Å². The number of benzene rings is 3. The molecule has 0 atom stereocenters. The van der Waals surface area contributed by atoms with Crippen molar-refractivity contribution in [1.29, 1.82) is 0 Å². The number of nitrogens with zero attached hydrogens (tertiary/aromatic N) is 1. The van der Waals surface area contributed by atoms with E-state index >= 15 is 0 Å². The first kappa shape index (κ1) is 27.5. The zero-order chi connectivity index (χ0) is 27.5. The third-order valence-corrected chi connectivity index (χ3v) is 9.31. The van der Waals surface area contributed by atoms with E-state index < -0.39 is 20.0 Å². The van der Waals surface area contributed by atoms with Gasteiger partial charge in [-0.05, 0) is 98.8 Å². The molecular formula is C27H31N3O6S2. The molecule has 0 aromatic heterocycles. The fourth-order valence-corrected chi connectivity index (χ4v) is 6.36. The maximum Gasteiger partial charge on any atom is 0.261 e. The number of ether oxygens (including phenoxy) is 1. The molecule has 1 amide bonds. The molecule has 38 heavy (non-hydrogen) atoms. The standard InChI is InChI=1S/C27H31N3O6S2/c1-19-7-8-22(17-20(19)2)29-37(32,33)23-11-9-21(10-12-23)28-38(34,35)24-13-14-26(36-3)25(18-24)27(31)30-15-5-4-6-16-30/h7-14,17-18,28-29H,4-6,15-16H2,1-3H3. The van der Waals surface area contributed by atoms with Crippen molar-refractivity contribution in [2.45, 2.75) is 42.9 Å². The van der Waals surface area contributed by atoms with Crippen LogP contribution in [0.25, 0.3) is 0 Å². The van der Waals surface area contributed by atoms with Gasteiger partial charge in [0.15, 0.2) is 0 Å². The summed E-state index contributed by atoms with van der Waals surface area (Å²) >= 11 is 0. The number of carbonyl (C=O) groups is 1. The second-order valence-corrected chi connectivity index (χ2v) is 12.6.